The second-order valence-electron chi connectivity index (χ2n) is 5.40. The largest absolute Gasteiger partial charge is 0.416 e. The molecule has 2 nitrogen and oxygen atoms in total. The molecule has 1 atom stereocenters. The van der Waals surface area contributed by atoms with Crippen LogP contribution in [0.15, 0.2) is 36.9 Å². The van der Waals surface area contributed by atoms with Gasteiger partial charge in [0, 0.05) is 25.6 Å². The van der Waals surface area contributed by atoms with Crippen molar-refractivity contribution in [1.29, 1.82) is 0 Å². The van der Waals surface area contributed by atoms with Crippen LogP contribution in [0, 0.1) is 5.41 Å². The summed E-state index contributed by atoms with van der Waals surface area (Å²) in [5.74, 6) is 0. The van der Waals surface area contributed by atoms with Gasteiger partial charge >= 0.3 is 6.18 Å². The number of hydrogen-bond donors (Lipinski definition) is 1. The molecule has 1 rings (SSSR count). The fraction of sp³-hybridized carbons (Fsp3) is 0.500. The van der Waals surface area contributed by atoms with Gasteiger partial charge in [-0.3, -0.25) is 0 Å². The Morgan fingerprint density at radius 1 is 1.24 bits per heavy atom. The molecule has 0 saturated heterocycles. The summed E-state index contributed by atoms with van der Waals surface area (Å²) in [6.45, 7) is 7.90. The first kappa shape index (κ1) is 17.7. The average Bonchev–Trinajstić information content (AvgIpc) is 2.43. The fourth-order valence-electron chi connectivity index (χ4n) is 2.03. The lowest BCUT2D eigenvalue weighted by atomic mass is 9.83. The van der Waals surface area contributed by atoms with E-state index in [1.807, 2.05) is 13.0 Å². The molecule has 0 fully saturated rings. The Balaban J connectivity index is 2.66. The van der Waals surface area contributed by atoms with Crippen molar-refractivity contribution in [3.8, 4) is 0 Å². The third kappa shape index (κ3) is 5.89. The van der Waals surface area contributed by atoms with E-state index in [2.05, 4.69) is 11.9 Å². The summed E-state index contributed by atoms with van der Waals surface area (Å²) in [6, 6.07) is 5.30. The van der Waals surface area contributed by atoms with Gasteiger partial charge in [0.2, 0.25) is 0 Å². The number of halogens is 3. The van der Waals surface area contributed by atoms with Crippen molar-refractivity contribution in [3.05, 3.63) is 48.0 Å². The first-order valence-electron chi connectivity index (χ1n) is 6.80. The van der Waals surface area contributed by atoms with Crippen LogP contribution in [0.25, 0.3) is 0 Å². The molecule has 1 N–H and O–H groups in total. The maximum atomic E-state index is 12.5. The van der Waals surface area contributed by atoms with Crippen LogP contribution in [0.5, 0.6) is 0 Å². The number of rotatable bonds is 8. The van der Waals surface area contributed by atoms with Gasteiger partial charge in [0.05, 0.1) is 12.2 Å². The van der Waals surface area contributed by atoms with Crippen LogP contribution in [-0.2, 0) is 17.3 Å². The van der Waals surface area contributed by atoms with Gasteiger partial charge in [-0.15, -0.1) is 6.58 Å². The second kappa shape index (κ2) is 7.61. The molecule has 1 unspecified atom stereocenters. The molecule has 118 valence electrons. The Bertz CT molecular complexity index is 442. The number of hydrogen-bond acceptors (Lipinski definition) is 2. The van der Waals surface area contributed by atoms with Gasteiger partial charge in [-0.1, -0.05) is 25.1 Å². The molecule has 0 spiro atoms. The minimum Gasteiger partial charge on any atom is -0.383 e. The zero-order valence-corrected chi connectivity index (χ0v) is 12.5. The molecule has 21 heavy (non-hydrogen) atoms. The maximum Gasteiger partial charge on any atom is 0.416 e. The number of nitrogens with one attached hydrogen (secondary N) is 1. The molecule has 5 heteroatoms. The topological polar surface area (TPSA) is 21.3 Å². The molecule has 0 heterocycles. The summed E-state index contributed by atoms with van der Waals surface area (Å²) in [7, 11) is 1.64. The van der Waals surface area contributed by atoms with Gasteiger partial charge in [0.15, 0.2) is 0 Å². The Morgan fingerprint density at radius 2 is 1.86 bits per heavy atom. The molecule has 0 saturated carbocycles. The lowest BCUT2D eigenvalue weighted by Crippen LogP contribution is -2.33. The minimum absolute atomic E-state index is 0.215. The molecule has 1 aromatic rings. The van der Waals surface area contributed by atoms with Crippen LogP contribution >= 0.6 is 0 Å². The average molecular weight is 301 g/mol. The van der Waals surface area contributed by atoms with Crippen molar-refractivity contribution >= 4 is 0 Å². The molecule has 0 aliphatic carbocycles. The van der Waals surface area contributed by atoms with E-state index >= 15 is 0 Å². The molecule has 0 bridgehead atoms. The predicted octanol–water partition coefficient (Wildman–Crippen LogP) is 3.68. The van der Waals surface area contributed by atoms with Gasteiger partial charge in [0.25, 0.3) is 0 Å². The molecule has 0 aliphatic heterocycles. The van der Waals surface area contributed by atoms with Crippen molar-refractivity contribution in [3.63, 3.8) is 0 Å². The Morgan fingerprint density at radius 3 is 2.33 bits per heavy atom. The highest BCUT2D eigenvalue weighted by Gasteiger charge is 2.30. The molecule has 0 amide bonds. The molecular weight excluding hydrogens is 279 g/mol. The van der Waals surface area contributed by atoms with Crippen molar-refractivity contribution in [2.45, 2.75) is 19.5 Å². The first-order chi connectivity index (χ1) is 9.80. The third-order valence-electron chi connectivity index (χ3n) is 3.39. The minimum atomic E-state index is -4.29. The van der Waals surface area contributed by atoms with Gasteiger partial charge in [-0.25, -0.2) is 0 Å². The summed E-state index contributed by atoms with van der Waals surface area (Å²) < 4.78 is 42.5. The van der Waals surface area contributed by atoms with Gasteiger partial charge in [0.1, 0.15) is 0 Å². The lowest BCUT2D eigenvalue weighted by molar-refractivity contribution is -0.137. The molecule has 1 aromatic carbocycles. The summed E-state index contributed by atoms with van der Waals surface area (Å²) in [6.07, 6.45) is -1.82. The first-order valence-corrected chi connectivity index (χ1v) is 6.80. The molecule has 0 aliphatic rings. The third-order valence-corrected chi connectivity index (χ3v) is 3.39. The number of ether oxygens (including phenoxy) is 1. The van der Waals surface area contributed by atoms with Crippen LogP contribution in [0.2, 0.25) is 0 Å². The maximum absolute atomic E-state index is 12.5. The van der Waals surface area contributed by atoms with Crippen LogP contribution in [-0.4, -0.2) is 26.8 Å². The second-order valence-corrected chi connectivity index (χ2v) is 5.40. The van der Waals surface area contributed by atoms with E-state index in [0.29, 0.717) is 19.6 Å². The highest BCUT2D eigenvalue weighted by atomic mass is 19.4. The van der Waals surface area contributed by atoms with E-state index < -0.39 is 11.7 Å². The lowest BCUT2D eigenvalue weighted by Gasteiger charge is -2.26. The van der Waals surface area contributed by atoms with E-state index in [9.17, 15) is 13.2 Å². The van der Waals surface area contributed by atoms with Crippen molar-refractivity contribution in [2.24, 2.45) is 5.41 Å². The van der Waals surface area contributed by atoms with Crippen LogP contribution in [0.3, 0.4) is 0 Å². The highest BCUT2D eigenvalue weighted by Crippen LogP contribution is 2.30. The quantitative estimate of drug-likeness (QED) is 0.584. The zero-order chi connectivity index (χ0) is 15.9. The van der Waals surface area contributed by atoms with Crippen LogP contribution in [0.4, 0.5) is 13.2 Å². The van der Waals surface area contributed by atoms with E-state index in [1.54, 1.807) is 7.11 Å². The number of benzene rings is 1. The molecule has 0 aromatic heterocycles. The summed E-state index contributed by atoms with van der Waals surface area (Å²) >= 11 is 0. The van der Waals surface area contributed by atoms with Crippen LogP contribution in [0.1, 0.15) is 18.1 Å². The Labute approximate surface area is 124 Å². The van der Waals surface area contributed by atoms with Crippen molar-refractivity contribution in [2.75, 3.05) is 26.8 Å². The van der Waals surface area contributed by atoms with Gasteiger partial charge < -0.3 is 10.1 Å². The SMILES string of the molecule is C=CC(C)(CNCCOC)Cc1ccc(C(F)(F)F)cc1. The zero-order valence-electron chi connectivity index (χ0n) is 12.5. The highest BCUT2D eigenvalue weighted by molar-refractivity contribution is 5.26. The summed E-state index contributed by atoms with van der Waals surface area (Å²) in [4.78, 5) is 0. The number of methoxy groups -OCH3 is 1. The van der Waals surface area contributed by atoms with Crippen molar-refractivity contribution in [1.82, 2.24) is 5.32 Å². The monoisotopic (exact) mass is 301 g/mol. The van der Waals surface area contributed by atoms with E-state index in [1.165, 1.54) is 12.1 Å². The van der Waals surface area contributed by atoms with E-state index in [-0.39, 0.29) is 5.41 Å². The smallest absolute Gasteiger partial charge is 0.383 e. The van der Waals surface area contributed by atoms with E-state index in [4.69, 9.17) is 4.74 Å². The fourth-order valence-corrected chi connectivity index (χ4v) is 2.03. The molecule has 0 radical (unpaired) electrons. The number of alkyl halides is 3. The normalized spacial score (nSPS) is 14.7. The standard InChI is InChI=1S/C16H22F3NO/c1-4-15(2,12-20-9-10-21-3)11-13-5-7-14(8-6-13)16(17,18)19/h4-8,20H,1,9-12H2,2-3H3. The van der Waals surface area contributed by atoms with E-state index in [0.717, 1.165) is 24.2 Å². The van der Waals surface area contributed by atoms with Crippen molar-refractivity contribution < 1.29 is 17.9 Å². The predicted molar refractivity (Wildman–Crippen MR) is 78.2 cm³/mol. The van der Waals surface area contributed by atoms with Gasteiger partial charge in [-0.05, 0) is 24.1 Å². The molecular formula is C16H22F3NO. The van der Waals surface area contributed by atoms with Gasteiger partial charge in [-0.2, -0.15) is 13.2 Å². The Kier molecular flexibility index (Phi) is 6.42. The summed E-state index contributed by atoms with van der Waals surface area (Å²) in [5, 5.41) is 3.26. The summed E-state index contributed by atoms with van der Waals surface area (Å²) in [5.41, 5.74) is 0.0248. The van der Waals surface area contributed by atoms with Crippen LogP contribution < -0.4 is 5.32 Å². The Hall–Kier alpha value is -1.33.